The molecule has 1 aromatic heterocycles. The SMILES string of the molecule is Cc1cccc(-c2nn(-c3ccccc3)cc2C=NNC(=O)COc2ccc(C)c(C)c2)c1. The summed E-state index contributed by atoms with van der Waals surface area (Å²) in [7, 11) is 0. The molecule has 4 aromatic rings. The summed E-state index contributed by atoms with van der Waals surface area (Å²) in [6.45, 7) is 5.97. The maximum Gasteiger partial charge on any atom is 0.277 e. The van der Waals surface area contributed by atoms with Crippen LogP contribution in [0.3, 0.4) is 0 Å². The Bertz CT molecular complexity index is 1290. The highest BCUT2D eigenvalue weighted by Crippen LogP contribution is 2.23. The zero-order chi connectivity index (χ0) is 23.2. The molecule has 4 rings (SSSR count). The summed E-state index contributed by atoms with van der Waals surface area (Å²) >= 11 is 0. The Hall–Kier alpha value is -4.19. The minimum atomic E-state index is -0.336. The molecule has 0 saturated heterocycles. The van der Waals surface area contributed by atoms with E-state index in [0.29, 0.717) is 5.75 Å². The zero-order valence-electron chi connectivity index (χ0n) is 18.9. The maximum absolute atomic E-state index is 12.2. The molecule has 33 heavy (non-hydrogen) atoms. The molecule has 1 amide bonds. The van der Waals surface area contributed by atoms with E-state index in [2.05, 4.69) is 16.6 Å². The molecular formula is C27H26N4O2. The van der Waals surface area contributed by atoms with Gasteiger partial charge in [0.15, 0.2) is 6.61 Å². The van der Waals surface area contributed by atoms with Crippen LogP contribution in [0.5, 0.6) is 5.75 Å². The van der Waals surface area contributed by atoms with Crippen molar-refractivity contribution in [3.63, 3.8) is 0 Å². The number of hydrogen-bond donors (Lipinski definition) is 1. The Labute approximate surface area is 193 Å². The highest BCUT2D eigenvalue weighted by Gasteiger charge is 2.11. The molecule has 0 bridgehead atoms. The number of aromatic nitrogens is 2. The van der Waals surface area contributed by atoms with Crippen molar-refractivity contribution in [3.8, 4) is 22.7 Å². The van der Waals surface area contributed by atoms with Crippen molar-refractivity contribution < 1.29 is 9.53 Å². The second-order valence-electron chi connectivity index (χ2n) is 7.91. The third-order valence-corrected chi connectivity index (χ3v) is 5.30. The van der Waals surface area contributed by atoms with Gasteiger partial charge >= 0.3 is 0 Å². The molecule has 0 spiro atoms. The number of carbonyl (C=O) groups excluding carboxylic acids is 1. The van der Waals surface area contributed by atoms with E-state index in [0.717, 1.165) is 33.6 Å². The molecule has 0 aliphatic heterocycles. The summed E-state index contributed by atoms with van der Waals surface area (Å²) < 4.78 is 7.38. The second kappa shape index (κ2) is 9.96. The van der Waals surface area contributed by atoms with Crippen molar-refractivity contribution in [3.05, 3.63) is 101 Å². The van der Waals surface area contributed by atoms with Crippen molar-refractivity contribution in [2.45, 2.75) is 20.8 Å². The van der Waals surface area contributed by atoms with Crippen molar-refractivity contribution in [1.29, 1.82) is 0 Å². The van der Waals surface area contributed by atoms with Gasteiger partial charge in [0.05, 0.1) is 11.9 Å². The van der Waals surface area contributed by atoms with Gasteiger partial charge in [-0.25, -0.2) is 10.1 Å². The first-order valence-corrected chi connectivity index (χ1v) is 10.7. The van der Waals surface area contributed by atoms with Crippen molar-refractivity contribution in [2.24, 2.45) is 5.10 Å². The van der Waals surface area contributed by atoms with Crippen LogP contribution in [0, 0.1) is 20.8 Å². The van der Waals surface area contributed by atoms with E-state index in [1.54, 1.807) is 6.21 Å². The Morgan fingerprint density at radius 2 is 1.82 bits per heavy atom. The third-order valence-electron chi connectivity index (χ3n) is 5.30. The lowest BCUT2D eigenvalue weighted by atomic mass is 10.1. The summed E-state index contributed by atoms with van der Waals surface area (Å²) in [5.41, 5.74) is 9.47. The van der Waals surface area contributed by atoms with E-state index in [1.807, 2.05) is 98.4 Å². The lowest BCUT2D eigenvalue weighted by Gasteiger charge is -2.07. The van der Waals surface area contributed by atoms with Gasteiger partial charge in [-0.3, -0.25) is 4.79 Å². The fourth-order valence-electron chi connectivity index (χ4n) is 3.37. The Morgan fingerprint density at radius 1 is 1.00 bits per heavy atom. The summed E-state index contributed by atoms with van der Waals surface area (Å²) in [6, 6.07) is 23.7. The summed E-state index contributed by atoms with van der Waals surface area (Å²) in [5, 5.41) is 8.91. The van der Waals surface area contributed by atoms with E-state index in [9.17, 15) is 4.79 Å². The van der Waals surface area contributed by atoms with E-state index < -0.39 is 0 Å². The number of nitrogens with one attached hydrogen (secondary N) is 1. The van der Waals surface area contributed by atoms with Crippen LogP contribution in [0.25, 0.3) is 16.9 Å². The first-order chi connectivity index (χ1) is 16.0. The largest absolute Gasteiger partial charge is 0.484 e. The minimum absolute atomic E-state index is 0.117. The van der Waals surface area contributed by atoms with Crippen LogP contribution in [-0.2, 0) is 4.79 Å². The van der Waals surface area contributed by atoms with Gasteiger partial charge in [0.1, 0.15) is 11.4 Å². The third kappa shape index (κ3) is 5.54. The smallest absolute Gasteiger partial charge is 0.277 e. The number of hydrazone groups is 1. The number of amides is 1. The van der Waals surface area contributed by atoms with Crippen LogP contribution in [0.15, 0.2) is 84.1 Å². The molecule has 0 unspecified atom stereocenters. The molecule has 0 aliphatic rings. The molecule has 0 fully saturated rings. The number of carbonyl (C=O) groups is 1. The lowest BCUT2D eigenvalue weighted by Crippen LogP contribution is -2.24. The first-order valence-electron chi connectivity index (χ1n) is 10.7. The van der Waals surface area contributed by atoms with Gasteiger partial charge in [-0.15, -0.1) is 0 Å². The molecule has 6 nitrogen and oxygen atoms in total. The standard InChI is InChI=1S/C27H26N4O2/c1-19-8-7-9-22(14-19)27-23(17-31(30-27)24-10-5-4-6-11-24)16-28-29-26(32)18-33-25-13-12-20(2)21(3)15-25/h4-17H,18H2,1-3H3,(H,29,32). The fraction of sp³-hybridized carbons (Fsp3) is 0.148. The molecular weight excluding hydrogens is 412 g/mol. The summed E-state index contributed by atoms with van der Waals surface area (Å²) in [4.78, 5) is 12.2. The van der Waals surface area contributed by atoms with Crippen molar-refractivity contribution in [1.82, 2.24) is 15.2 Å². The monoisotopic (exact) mass is 438 g/mol. The predicted octanol–water partition coefficient (Wildman–Crippen LogP) is 4.99. The number of aryl methyl sites for hydroxylation is 3. The molecule has 166 valence electrons. The number of nitrogens with zero attached hydrogens (tertiary/aromatic N) is 3. The molecule has 3 aromatic carbocycles. The number of hydrogen-bond acceptors (Lipinski definition) is 4. The number of benzene rings is 3. The average Bonchev–Trinajstić information content (AvgIpc) is 3.25. The van der Waals surface area contributed by atoms with Gasteiger partial charge in [0.2, 0.25) is 0 Å². The Morgan fingerprint density at radius 3 is 2.58 bits per heavy atom. The van der Waals surface area contributed by atoms with E-state index in [-0.39, 0.29) is 12.5 Å². The van der Waals surface area contributed by atoms with Gasteiger partial charge in [-0.05, 0) is 62.2 Å². The fourth-order valence-corrected chi connectivity index (χ4v) is 3.37. The number of rotatable bonds is 7. The molecule has 6 heteroatoms. The zero-order valence-corrected chi connectivity index (χ0v) is 18.9. The van der Waals surface area contributed by atoms with Gasteiger partial charge in [0, 0.05) is 17.3 Å². The summed E-state index contributed by atoms with van der Waals surface area (Å²) in [5.74, 6) is 0.320. The quantitative estimate of drug-likeness (QED) is 0.326. The van der Waals surface area contributed by atoms with Crippen LogP contribution < -0.4 is 10.2 Å². The molecule has 0 atom stereocenters. The van der Waals surface area contributed by atoms with Gasteiger partial charge < -0.3 is 4.74 Å². The van der Waals surface area contributed by atoms with Crippen LogP contribution in [0.4, 0.5) is 0 Å². The maximum atomic E-state index is 12.2. The van der Waals surface area contributed by atoms with Crippen molar-refractivity contribution in [2.75, 3.05) is 6.61 Å². The van der Waals surface area contributed by atoms with Crippen LogP contribution >= 0.6 is 0 Å². The van der Waals surface area contributed by atoms with Gasteiger partial charge in [-0.2, -0.15) is 10.2 Å². The van der Waals surface area contributed by atoms with Gasteiger partial charge in [0.25, 0.3) is 5.91 Å². The summed E-state index contributed by atoms with van der Waals surface area (Å²) in [6.07, 6.45) is 3.51. The first kappa shape index (κ1) is 22.0. The molecule has 0 aliphatic carbocycles. The predicted molar refractivity (Wildman–Crippen MR) is 131 cm³/mol. The van der Waals surface area contributed by atoms with E-state index in [1.165, 1.54) is 5.56 Å². The molecule has 1 N–H and O–H groups in total. The second-order valence-corrected chi connectivity index (χ2v) is 7.91. The van der Waals surface area contributed by atoms with Crippen LogP contribution in [0.1, 0.15) is 22.3 Å². The highest BCUT2D eigenvalue weighted by molar-refractivity contribution is 5.89. The Kier molecular flexibility index (Phi) is 6.64. The molecule has 0 radical (unpaired) electrons. The Balaban J connectivity index is 1.49. The van der Waals surface area contributed by atoms with E-state index >= 15 is 0 Å². The average molecular weight is 439 g/mol. The number of para-hydroxylation sites is 1. The highest BCUT2D eigenvalue weighted by atomic mass is 16.5. The van der Waals surface area contributed by atoms with Gasteiger partial charge in [-0.1, -0.05) is 48.0 Å². The topological polar surface area (TPSA) is 68.5 Å². The van der Waals surface area contributed by atoms with E-state index in [4.69, 9.17) is 9.84 Å². The van der Waals surface area contributed by atoms with Crippen LogP contribution in [-0.4, -0.2) is 28.5 Å². The lowest BCUT2D eigenvalue weighted by molar-refractivity contribution is -0.123. The normalized spacial score (nSPS) is 11.0. The minimum Gasteiger partial charge on any atom is -0.484 e. The molecule has 1 heterocycles. The van der Waals surface area contributed by atoms with Crippen LogP contribution in [0.2, 0.25) is 0 Å². The molecule has 0 saturated carbocycles. The van der Waals surface area contributed by atoms with Crippen molar-refractivity contribution >= 4 is 12.1 Å². The number of ether oxygens (including phenoxy) is 1.